The summed E-state index contributed by atoms with van der Waals surface area (Å²) in [6, 6.07) is 0. The van der Waals surface area contributed by atoms with Gasteiger partial charge in [-0.1, -0.05) is 10.4 Å². The molecule has 1 aliphatic rings. The van der Waals surface area contributed by atoms with E-state index in [2.05, 4.69) is 31.1 Å². The quantitative estimate of drug-likeness (QED) is 0.618. The van der Waals surface area contributed by atoms with Gasteiger partial charge in [0.25, 0.3) is 0 Å². The molecule has 1 atom stereocenters. The summed E-state index contributed by atoms with van der Waals surface area (Å²) in [5, 5.41) is 21.7. The topological polar surface area (TPSA) is 122 Å². The number of nitrogens with zero attached hydrogens (tertiary/aromatic N) is 5. The number of hydrogen-bond donors (Lipinski definition) is 2. The molecule has 0 saturated heterocycles. The van der Waals surface area contributed by atoms with Crippen molar-refractivity contribution in [3.63, 3.8) is 0 Å². The fourth-order valence-corrected chi connectivity index (χ4v) is 4.64. The van der Waals surface area contributed by atoms with Crippen molar-refractivity contribution in [3.05, 3.63) is 27.8 Å². The number of rotatable bonds is 6. The number of aromatic nitrogens is 6. The molecule has 0 fully saturated rings. The molecule has 0 saturated carbocycles. The summed E-state index contributed by atoms with van der Waals surface area (Å²) in [4.78, 5) is 18.6. The van der Waals surface area contributed by atoms with E-state index in [0.717, 1.165) is 47.0 Å². The lowest BCUT2D eigenvalue weighted by atomic mass is 9.90. The van der Waals surface area contributed by atoms with Crippen LogP contribution >= 0.6 is 11.3 Å². The fraction of sp³-hybridized carbons (Fsp3) is 0.529. The molecule has 0 spiro atoms. The molecule has 3 aromatic rings. The molecular formula is C17H21N7O2S. The number of nitrogens with one attached hydrogen (secondary N) is 2. The molecule has 2 N–H and O–H groups in total. The van der Waals surface area contributed by atoms with Gasteiger partial charge in [-0.15, -0.1) is 21.5 Å². The summed E-state index contributed by atoms with van der Waals surface area (Å²) in [7, 11) is 0. The minimum atomic E-state index is -0.0257. The maximum absolute atomic E-state index is 12.5. The molecule has 1 aliphatic carbocycles. The number of amides is 1. The molecule has 27 heavy (non-hydrogen) atoms. The third-order valence-electron chi connectivity index (χ3n) is 4.82. The number of fused-ring (bicyclic) bond motifs is 1. The Morgan fingerprint density at radius 2 is 2.30 bits per heavy atom. The van der Waals surface area contributed by atoms with Crippen molar-refractivity contribution in [1.82, 2.24) is 36.1 Å². The van der Waals surface area contributed by atoms with E-state index in [1.54, 1.807) is 11.3 Å². The van der Waals surface area contributed by atoms with Gasteiger partial charge in [-0.3, -0.25) is 4.79 Å². The highest BCUT2D eigenvalue weighted by Crippen LogP contribution is 2.36. The van der Waals surface area contributed by atoms with Crippen LogP contribution in [-0.2, 0) is 24.1 Å². The Morgan fingerprint density at radius 1 is 1.41 bits per heavy atom. The monoisotopic (exact) mass is 387 g/mol. The first-order valence-electron chi connectivity index (χ1n) is 9.03. The predicted molar refractivity (Wildman–Crippen MR) is 98.1 cm³/mol. The zero-order valence-corrected chi connectivity index (χ0v) is 16.1. The Kier molecular flexibility index (Phi) is 4.97. The SMILES string of the molecule is Cc1noc(C)c1-c1nc2c(s1)CCC(C(=O)NCCCc1nn[nH]n1)C2. The second kappa shape index (κ2) is 7.55. The van der Waals surface area contributed by atoms with Crippen LogP contribution in [0.4, 0.5) is 0 Å². The van der Waals surface area contributed by atoms with Crippen LogP contribution in [0, 0.1) is 19.8 Å². The molecular weight excluding hydrogens is 366 g/mol. The molecule has 1 amide bonds. The third kappa shape index (κ3) is 3.75. The minimum Gasteiger partial charge on any atom is -0.361 e. The van der Waals surface area contributed by atoms with E-state index in [9.17, 15) is 4.79 Å². The Labute approximate surface area is 159 Å². The molecule has 0 aromatic carbocycles. The lowest BCUT2D eigenvalue weighted by Gasteiger charge is -2.20. The van der Waals surface area contributed by atoms with Gasteiger partial charge in [0.05, 0.1) is 17.0 Å². The maximum atomic E-state index is 12.5. The van der Waals surface area contributed by atoms with E-state index in [4.69, 9.17) is 9.51 Å². The van der Waals surface area contributed by atoms with Gasteiger partial charge in [-0.2, -0.15) is 5.21 Å². The molecule has 142 valence electrons. The van der Waals surface area contributed by atoms with Crippen molar-refractivity contribution in [1.29, 1.82) is 0 Å². The molecule has 0 aliphatic heterocycles. The zero-order valence-electron chi connectivity index (χ0n) is 15.3. The largest absolute Gasteiger partial charge is 0.361 e. The van der Waals surface area contributed by atoms with Gasteiger partial charge in [-0.25, -0.2) is 4.98 Å². The Morgan fingerprint density at radius 3 is 3.04 bits per heavy atom. The average molecular weight is 387 g/mol. The lowest BCUT2D eigenvalue weighted by molar-refractivity contribution is -0.125. The summed E-state index contributed by atoms with van der Waals surface area (Å²) < 4.78 is 5.26. The normalized spacial score (nSPS) is 16.3. The van der Waals surface area contributed by atoms with Gasteiger partial charge in [0, 0.05) is 30.2 Å². The van der Waals surface area contributed by atoms with Crippen LogP contribution in [0.5, 0.6) is 0 Å². The molecule has 9 nitrogen and oxygen atoms in total. The van der Waals surface area contributed by atoms with Gasteiger partial charge >= 0.3 is 0 Å². The molecule has 0 radical (unpaired) electrons. The van der Waals surface area contributed by atoms with E-state index in [-0.39, 0.29) is 11.8 Å². The minimum absolute atomic E-state index is 0.0257. The van der Waals surface area contributed by atoms with Gasteiger partial charge in [0.1, 0.15) is 10.8 Å². The van der Waals surface area contributed by atoms with E-state index in [1.807, 2.05) is 13.8 Å². The van der Waals surface area contributed by atoms with E-state index < -0.39 is 0 Å². The highest BCUT2D eigenvalue weighted by Gasteiger charge is 2.28. The maximum Gasteiger partial charge on any atom is 0.223 e. The van der Waals surface area contributed by atoms with Crippen LogP contribution in [0.3, 0.4) is 0 Å². The summed E-state index contributed by atoms with van der Waals surface area (Å²) in [6.07, 6.45) is 3.91. The zero-order chi connectivity index (χ0) is 18.8. The third-order valence-corrected chi connectivity index (χ3v) is 6.00. The van der Waals surface area contributed by atoms with Crippen LogP contribution in [0.25, 0.3) is 10.6 Å². The summed E-state index contributed by atoms with van der Waals surface area (Å²) in [6.45, 7) is 4.44. The number of aryl methyl sites for hydroxylation is 4. The van der Waals surface area contributed by atoms with Gasteiger partial charge in [0.15, 0.2) is 5.82 Å². The smallest absolute Gasteiger partial charge is 0.223 e. The van der Waals surface area contributed by atoms with Crippen LogP contribution in [0.15, 0.2) is 4.52 Å². The molecule has 10 heteroatoms. The number of H-pyrrole nitrogens is 1. The number of thiazole rings is 1. The van der Waals surface area contributed by atoms with Crippen LogP contribution in [-0.4, -0.2) is 43.2 Å². The van der Waals surface area contributed by atoms with E-state index in [0.29, 0.717) is 25.2 Å². The first-order valence-corrected chi connectivity index (χ1v) is 9.85. The van der Waals surface area contributed by atoms with Crippen molar-refractivity contribution in [2.24, 2.45) is 5.92 Å². The van der Waals surface area contributed by atoms with Gasteiger partial charge in [0.2, 0.25) is 5.91 Å². The van der Waals surface area contributed by atoms with E-state index >= 15 is 0 Å². The Bertz CT molecular complexity index is 912. The average Bonchev–Trinajstić information content (AvgIpc) is 3.38. The second-order valence-electron chi connectivity index (χ2n) is 6.75. The van der Waals surface area contributed by atoms with Crippen LogP contribution in [0.1, 0.15) is 40.7 Å². The Balaban J connectivity index is 1.34. The first-order chi connectivity index (χ1) is 13.1. The summed E-state index contributed by atoms with van der Waals surface area (Å²) >= 11 is 1.69. The molecule has 0 bridgehead atoms. The summed E-state index contributed by atoms with van der Waals surface area (Å²) in [5.41, 5.74) is 2.87. The van der Waals surface area contributed by atoms with Crippen molar-refractivity contribution >= 4 is 17.2 Å². The number of tetrazole rings is 1. The fourth-order valence-electron chi connectivity index (χ4n) is 3.39. The highest BCUT2D eigenvalue weighted by atomic mass is 32.1. The van der Waals surface area contributed by atoms with Crippen LogP contribution < -0.4 is 5.32 Å². The van der Waals surface area contributed by atoms with Crippen molar-refractivity contribution in [2.45, 2.75) is 46.0 Å². The number of hydrogen-bond acceptors (Lipinski definition) is 8. The van der Waals surface area contributed by atoms with Crippen LogP contribution in [0.2, 0.25) is 0 Å². The molecule has 3 aromatic heterocycles. The number of carbonyl (C=O) groups is 1. The second-order valence-corrected chi connectivity index (χ2v) is 7.83. The van der Waals surface area contributed by atoms with Crippen molar-refractivity contribution in [2.75, 3.05) is 6.54 Å². The first kappa shape index (κ1) is 17.8. The van der Waals surface area contributed by atoms with Crippen molar-refractivity contribution < 1.29 is 9.32 Å². The molecule has 1 unspecified atom stereocenters. The standard InChI is InChI=1S/C17H21N7O2S/c1-9-15(10(2)26-22-9)17-19-12-8-11(5-6-13(12)27-17)16(25)18-7-3-4-14-20-23-24-21-14/h11H,3-8H2,1-2H3,(H,18,25)(H,20,21,23,24). The highest BCUT2D eigenvalue weighted by molar-refractivity contribution is 7.15. The van der Waals surface area contributed by atoms with Gasteiger partial charge in [-0.05, 0) is 33.1 Å². The lowest BCUT2D eigenvalue weighted by Crippen LogP contribution is -2.34. The Hall–Kier alpha value is -2.62. The molecule has 3 heterocycles. The summed E-state index contributed by atoms with van der Waals surface area (Å²) in [5.74, 6) is 1.53. The van der Waals surface area contributed by atoms with Crippen molar-refractivity contribution in [3.8, 4) is 10.6 Å². The molecule has 4 rings (SSSR count). The number of aromatic amines is 1. The number of carbonyl (C=O) groups excluding carboxylic acids is 1. The predicted octanol–water partition coefficient (Wildman–Crippen LogP) is 1.78. The van der Waals surface area contributed by atoms with E-state index in [1.165, 1.54) is 4.88 Å². The van der Waals surface area contributed by atoms with Gasteiger partial charge < -0.3 is 9.84 Å².